The number of Topliss-reactive ketones (excluding diaryl/α,β-unsaturated/α-hetero) is 1. The van der Waals surface area contributed by atoms with E-state index < -0.39 is 12.1 Å². The van der Waals surface area contributed by atoms with Gasteiger partial charge in [-0.3, -0.25) is 4.79 Å². The fourth-order valence-electron chi connectivity index (χ4n) is 1.14. The zero-order valence-electron chi connectivity index (χ0n) is 9.48. The van der Waals surface area contributed by atoms with Gasteiger partial charge in [-0.15, -0.1) is 11.6 Å². The quantitative estimate of drug-likeness (QED) is 0.820. The number of hydrogen-bond acceptors (Lipinski definition) is 3. The summed E-state index contributed by atoms with van der Waals surface area (Å²) in [5, 5.41) is 2.41. The van der Waals surface area contributed by atoms with Crippen molar-refractivity contribution in [2.75, 3.05) is 5.88 Å². The first kappa shape index (κ1) is 13.5. The molecule has 0 saturated heterocycles. The summed E-state index contributed by atoms with van der Waals surface area (Å²) in [5.74, 6) is -0.372. The molecule has 0 aliphatic heterocycles. The summed E-state index contributed by atoms with van der Waals surface area (Å²) in [6, 6.07) is 8.66. The summed E-state index contributed by atoms with van der Waals surface area (Å²) < 4.78 is 4.95. The van der Waals surface area contributed by atoms with E-state index in [1.807, 2.05) is 30.3 Å². The van der Waals surface area contributed by atoms with E-state index >= 15 is 0 Å². The third kappa shape index (κ3) is 4.87. The van der Waals surface area contributed by atoms with E-state index in [9.17, 15) is 9.59 Å². The van der Waals surface area contributed by atoms with Gasteiger partial charge in [-0.25, -0.2) is 4.79 Å². The van der Waals surface area contributed by atoms with Crippen molar-refractivity contribution in [3.63, 3.8) is 0 Å². The average Bonchev–Trinajstić information content (AvgIpc) is 2.36. The Morgan fingerprint density at radius 2 is 2.00 bits per heavy atom. The van der Waals surface area contributed by atoms with Crippen molar-refractivity contribution < 1.29 is 14.3 Å². The first-order chi connectivity index (χ1) is 8.13. The van der Waals surface area contributed by atoms with E-state index in [0.717, 1.165) is 5.56 Å². The Morgan fingerprint density at radius 1 is 1.35 bits per heavy atom. The highest BCUT2D eigenvalue weighted by atomic mass is 35.5. The summed E-state index contributed by atoms with van der Waals surface area (Å²) >= 11 is 5.36. The van der Waals surface area contributed by atoms with Gasteiger partial charge in [-0.2, -0.15) is 0 Å². The molecule has 0 bridgehead atoms. The molecular formula is C12H14ClNO3. The van der Waals surface area contributed by atoms with Crippen LogP contribution >= 0.6 is 11.6 Å². The predicted octanol–water partition coefficient (Wildman–Crippen LogP) is 2.11. The second kappa shape index (κ2) is 6.91. The van der Waals surface area contributed by atoms with E-state index in [1.54, 1.807) is 6.92 Å². The molecule has 5 heteroatoms. The fraction of sp³-hybridized carbons (Fsp3) is 0.333. The normalized spacial score (nSPS) is 11.6. The Kier molecular flexibility index (Phi) is 5.49. The van der Waals surface area contributed by atoms with Crippen LogP contribution in [0.3, 0.4) is 0 Å². The molecule has 1 aromatic carbocycles. The molecule has 0 heterocycles. The second-order valence-corrected chi connectivity index (χ2v) is 3.79. The molecule has 1 aromatic rings. The van der Waals surface area contributed by atoms with Crippen LogP contribution in [0.1, 0.15) is 12.5 Å². The second-order valence-electron chi connectivity index (χ2n) is 3.53. The maximum absolute atomic E-state index is 11.3. The van der Waals surface area contributed by atoms with Crippen molar-refractivity contribution >= 4 is 23.5 Å². The molecular weight excluding hydrogens is 242 g/mol. The summed E-state index contributed by atoms with van der Waals surface area (Å²) in [7, 11) is 0. The van der Waals surface area contributed by atoms with Gasteiger partial charge in [0.05, 0.1) is 11.9 Å². The summed E-state index contributed by atoms with van der Waals surface area (Å²) in [4.78, 5) is 22.4. The van der Waals surface area contributed by atoms with Gasteiger partial charge >= 0.3 is 6.09 Å². The molecule has 1 amide bonds. The number of nitrogens with one attached hydrogen (secondary N) is 1. The third-order valence-electron chi connectivity index (χ3n) is 2.16. The summed E-state index contributed by atoms with van der Waals surface area (Å²) in [6.07, 6.45) is -0.625. The number of alkyl carbamates (subject to hydrolysis) is 1. The number of rotatable bonds is 5. The van der Waals surface area contributed by atoms with Crippen molar-refractivity contribution in [2.24, 2.45) is 0 Å². The van der Waals surface area contributed by atoms with Crippen LogP contribution in [0.15, 0.2) is 30.3 Å². The highest BCUT2D eigenvalue weighted by Gasteiger charge is 2.14. The van der Waals surface area contributed by atoms with Crippen LogP contribution in [0.4, 0.5) is 4.79 Å². The maximum atomic E-state index is 11.3. The Morgan fingerprint density at radius 3 is 2.59 bits per heavy atom. The van der Waals surface area contributed by atoms with Crippen LogP contribution in [-0.2, 0) is 16.1 Å². The molecule has 0 unspecified atom stereocenters. The lowest BCUT2D eigenvalue weighted by Crippen LogP contribution is -2.39. The lowest BCUT2D eigenvalue weighted by atomic mass is 10.2. The van der Waals surface area contributed by atoms with Gasteiger partial charge in [-0.05, 0) is 12.5 Å². The van der Waals surface area contributed by atoms with Crippen LogP contribution in [0, 0.1) is 0 Å². The van der Waals surface area contributed by atoms with Crippen LogP contribution < -0.4 is 5.32 Å². The first-order valence-electron chi connectivity index (χ1n) is 5.19. The van der Waals surface area contributed by atoms with Gasteiger partial charge in [-0.1, -0.05) is 30.3 Å². The van der Waals surface area contributed by atoms with E-state index in [0.29, 0.717) is 0 Å². The van der Waals surface area contributed by atoms with Gasteiger partial charge in [0.15, 0.2) is 5.78 Å². The highest BCUT2D eigenvalue weighted by Crippen LogP contribution is 2.00. The third-order valence-corrected chi connectivity index (χ3v) is 2.43. The SMILES string of the molecule is C[C@H](NC(=O)OCc1ccccc1)C(=O)CCl. The minimum absolute atomic E-state index is 0.125. The van der Waals surface area contributed by atoms with Crippen molar-refractivity contribution in [2.45, 2.75) is 19.6 Å². The lowest BCUT2D eigenvalue weighted by Gasteiger charge is -2.11. The number of carbonyl (C=O) groups is 2. The molecule has 0 aromatic heterocycles. The van der Waals surface area contributed by atoms with Crippen molar-refractivity contribution in [3.05, 3.63) is 35.9 Å². The van der Waals surface area contributed by atoms with Crippen LogP contribution in [0.25, 0.3) is 0 Å². The minimum Gasteiger partial charge on any atom is -0.445 e. The zero-order valence-corrected chi connectivity index (χ0v) is 10.2. The number of carbonyl (C=O) groups excluding carboxylic acids is 2. The first-order valence-corrected chi connectivity index (χ1v) is 5.73. The predicted molar refractivity (Wildman–Crippen MR) is 65.0 cm³/mol. The van der Waals surface area contributed by atoms with E-state index in [-0.39, 0.29) is 18.3 Å². The average molecular weight is 256 g/mol. The maximum Gasteiger partial charge on any atom is 0.408 e. The molecule has 1 N–H and O–H groups in total. The molecule has 1 rings (SSSR count). The van der Waals surface area contributed by atoms with Gasteiger partial charge in [0.1, 0.15) is 6.61 Å². The standard InChI is InChI=1S/C12H14ClNO3/c1-9(11(15)7-13)14-12(16)17-8-10-5-3-2-4-6-10/h2-6,9H,7-8H2,1H3,(H,14,16)/t9-/m0/s1. The number of hydrogen-bond donors (Lipinski definition) is 1. The summed E-state index contributed by atoms with van der Waals surface area (Å²) in [5.41, 5.74) is 0.888. The number of benzene rings is 1. The van der Waals surface area contributed by atoms with Gasteiger partial charge < -0.3 is 10.1 Å². The Labute approximate surface area is 105 Å². The molecule has 1 atom stereocenters. The van der Waals surface area contributed by atoms with Gasteiger partial charge in [0.25, 0.3) is 0 Å². The number of ketones is 1. The lowest BCUT2D eigenvalue weighted by molar-refractivity contribution is -0.118. The van der Waals surface area contributed by atoms with E-state index in [1.165, 1.54) is 0 Å². The monoisotopic (exact) mass is 255 g/mol. The highest BCUT2D eigenvalue weighted by molar-refractivity contribution is 6.28. The Balaban J connectivity index is 2.33. The molecule has 4 nitrogen and oxygen atoms in total. The summed E-state index contributed by atoms with van der Waals surface area (Å²) in [6.45, 7) is 1.74. The van der Waals surface area contributed by atoms with Gasteiger partial charge in [0.2, 0.25) is 0 Å². The number of alkyl halides is 1. The van der Waals surface area contributed by atoms with Gasteiger partial charge in [0, 0.05) is 0 Å². The smallest absolute Gasteiger partial charge is 0.408 e. The largest absolute Gasteiger partial charge is 0.445 e. The van der Waals surface area contributed by atoms with Crippen molar-refractivity contribution in [1.29, 1.82) is 0 Å². The number of ether oxygens (including phenoxy) is 1. The Hall–Kier alpha value is -1.55. The molecule has 17 heavy (non-hydrogen) atoms. The van der Waals surface area contributed by atoms with Crippen LogP contribution in [-0.4, -0.2) is 23.8 Å². The zero-order chi connectivity index (χ0) is 12.7. The Bertz CT molecular complexity index is 381. The van der Waals surface area contributed by atoms with Crippen molar-refractivity contribution in [1.82, 2.24) is 5.32 Å². The number of halogens is 1. The topological polar surface area (TPSA) is 55.4 Å². The molecule has 92 valence electrons. The molecule has 0 saturated carbocycles. The molecule has 0 aliphatic carbocycles. The molecule has 0 aliphatic rings. The number of amides is 1. The van der Waals surface area contributed by atoms with Crippen LogP contribution in [0.2, 0.25) is 0 Å². The van der Waals surface area contributed by atoms with E-state index in [2.05, 4.69) is 5.32 Å². The molecule has 0 fully saturated rings. The van der Waals surface area contributed by atoms with Crippen molar-refractivity contribution in [3.8, 4) is 0 Å². The van der Waals surface area contributed by atoms with Crippen LogP contribution in [0.5, 0.6) is 0 Å². The molecule has 0 radical (unpaired) electrons. The molecule has 0 spiro atoms. The fourth-order valence-corrected chi connectivity index (χ4v) is 1.37. The minimum atomic E-state index is -0.629. The van der Waals surface area contributed by atoms with E-state index in [4.69, 9.17) is 16.3 Å².